The van der Waals surface area contributed by atoms with Crippen LogP contribution in [-0.4, -0.2) is 36.3 Å². The third-order valence-corrected chi connectivity index (χ3v) is 7.75. The molecule has 3 rings (SSSR count). The molecule has 0 bridgehead atoms. The predicted octanol–water partition coefficient (Wildman–Crippen LogP) is 4.51. The van der Waals surface area contributed by atoms with Gasteiger partial charge in [-0.3, -0.25) is 14.9 Å². The van der Waals surface area contributed by atoms with Crippen LogP contribution in [0.5, 0.6) is 0 Å². The molecule has 0 heterocycles. The summed E-state index contributed by atoms with van der Waals surface area (Å²) < 4.78 is 28.5. The zero-order chi connectivity index (χ0) is 26.5. The van der Waals surface area contributed by atoms with Crippen molar-refractivity contribution in [1.82, 2.24) is 9.73 Å². The lowest BCUT2D eigenvalue weighted by molar-refractivity contribution is -0.384. The van der Waals surface area contributed by atoms with Crippen LogP contribution in [0.2, 0.25) is 5.02 Å². The Bertz CT molecular complexity index is 1400. The number of benzene rings is 3. The molecule has 0 aliphatic rings. The van der Waals surface area contributed by atoms with Crippen LogP contribution in [0.1, 0.15) is 27.8 Å². The van der Waals surface area contributed by atoms with Gasteiger partial charge in [-0.1, -0.05) is 59.6 Å². The SMILES string of the molecule is Cc1cc(C)c(S(=O)(=O)N(CC(=O)N/N=C\c2cc([N+](=O)[O-])ccc2Cl)Cc2ccccc2)c(C)c1. The molecule has 0 aliphatic carbocycles. The molecule has 1 amide bonds. The highest BCUT2D eigenvalue weighted by molar-refractivity contribution is 7.89. The number of hydrogen-bond donors (Lipinski definition) is 1. The van der Waals surface area contributed by atoms with Crippen molar-refractivity contribution in [2.75, 3.05) is 6.54 Å². The monoisotopic (exact) mass is 528 g/mol. The van der Waals surface area contributed by atoms with Crippen LogP contribution in [0, 0.1) is 30.9 Å². The molecule has 0 radical (unpaired) electrons. The van der Waals surface area contributed by atoms with E-state index in [1.165, 1.54) is 18.2 Å². The van der Waals surface area contributed by atoms with Crippen LogP contribution in [-0.2, 0) is 21.4 Å². The summed E-state index contributed by atoms with van der Waals surface area (Å²) in [5.74, 6) is -0.685. The van der Waals surface area contributed by atoms with E-state index in [1.54, 1.807) is 50.2 Å². The molecule has 0 saturated carbocycles. The van der Waals surface area contributed by atoms with Gasteiger partial charge in [-0.2, -0.15) is 9.41 Å². The zero-order valence-corrected chi connectivity index (χ0v) is 21.5. The molecule has 11 heteroatoms. The van der Waals surface area contributed by atoms with E-state index in [4.69, 9.17) is 11.6 Å². The summed E-state index contributed by atoms with van der Waals surface area (Å²) in [6.07, 6.45) is 1.16. The fourth-order valence-electron chi connectivity index (χ4n) is 3.83. The standard InChI is InChI=1S/C25H25ClN4O5S/c1-17-11-18(2)25(19(3)12-17)36(34,35)29(15-20-7-5-4-6-8-20)16-24(31)28-27-14-21-13-22(30(32)33)9-10-23(21)26/h4-14H,15-16H2,1-3H3,(H,28,31)/b27-14-. The average Bonchev–Trinajstić information content (AvgIpc) is 2.79. The Balaban J connectivity index is 1.86. The van der Waals surface area contributed by atoms with Gasteiger partial charge in [0.25, 0.3) is 11.6 Å². The third kappa shape index (κ3) is 6.54. The van der Waals surface area contributed by atoms with Gasteiger partial charge >= 0.3 is 0 Å². The summed E-state index contributed by atoms with van der Waals surface area (Å²) in [7, 11) is -4.05. The Kier molecular flexibility index (Phi) is 8.57. The molecule has 0 aliphatic heterocycles. The van der Waals surface area contributed by atoms with E-state index >= 15 is 0 Å². The lowest BCUT2D eigenvalue weighted by Gasteiger charge is -2.24. The zero-order valence-electron chi connectivity index (χ0n) is 19.9. The Hall–Kier alpha value is -3.60. The first-order valence-electron chi connectivity index (χ1n) is 10.9. The van der Waals surface area contributed by atoms with Crippen molar-refractivity contribution >= 4 is 39.4 Å². The highest BCUT2D eigenvalue weighted by Gasteiger charge is 2.30. The van der Waals surface area contributed by atoms with E-state index in [9.17, 15) is 23.3 Å². The number of nitro benzene ring substituents is 1. The van der Waals surface area contributed by atoms with Crippen molar-refractivity contribution in [1.29, 1.82) is 0 Å². The summed E-state index contributed by atoms with van der Waals surface area (Å²) in [5.41, 5.74) is 5.15. The Labute approximate surface area is 214 Å². The maximum Gasteiger partial charge on any atom is 0.270 e. The van der Waals surface area contributed by atoms with Gasteiger partial charge in [0.1, 0.15) is 0 Å². The number of carbonyl (C=O) groups excluding carboxylic acids is 1. The lowest BCUT2D eigenvalue weighted by atomic mass is 10.1. The maximum atomic E-state index is 13.7. The number of rotatable bonds is 9. The topological polar surface area (TPSA) is 122 Å². The van der Waals surface area contributed by atoms with Gasteiger partial charge in [-0.15, -0.1) is 0 Å². The Morgan fingerprint density at radius 2 is 1.72 bits per heavy atom. The number of hydrogen-bond acceptors (Lipinski definition) is 6. The molecule has 0 saturated heterocycles. The van der Waals surface area contributed by atoms with Gasteiger partial charge in [-0.05, 0) is 43.5 Å². The summed E-state index contributed by atoms with van der Waals surface area (Å²) in [4.78, 5) is 23.3. The molecule has 36 heavy (non-hydrogen) atoms. The van der Waals surface area contributed by atoms with E-state index in [0.717, 1.165) is 16.1 Å². The minimum atomic E-state index is -4.05. The number of amides is 1. The van der Waals surface area contributed by atoms with Crippen LogP contribution >= 0.6 is 11.6 Å². The van der Waals surface area contributed by atoms with E-state index < -0.39 is 27.4 Å². The van der Waals surface area contributed by atoms with E-state index in [1.807, 2.05) is 13.0 Å². The number of hydrazone groups is 1. The molecule has 3 aromatic rings. The van der Waals surface area contributed by atoms with Crippen molar-refractivity contribution in [3.63, 3.8) is 0 Å². The molecule has 3 aromatic carbocycles. The number of halogens is 1. The summed E-state index contributed by atoms with van der Waals surface area (Å²) in [6.45, 7) is 4.81. The first-order chi connectivity index (χ1) is 17.0. The van der Waals surface area contributed by atoms with Gasteiger partial charge in [0, 0.05) is 29.3 Å². The second-order valence-electron chi connectivity index (χ2n) is 8.24. The Morgan fingerprint density at radius 1 is 1.08 bits per heavy atom. The summed E-state index contributed by atoms with van der Waals surface area (Å²) in [6, 6.07) is 16.3. The van der Waals surface area contributed by atoms with Gasteiger partial charge in [0.15, 0.2) is 0 Å². The molecule has 188 valence electrons. The highest BCUT2D eigenvalue weighted by atomic mass is 35.5. The highest BCUT2D eigenvalue weighted by Crippen LogP contribution is 2.26. The Morgan fingerprint density at radius 3 is 2.33 bits per heavy atom. The number of nitrogens with zero attached hydrogens (tertiary/aromatic N) is 3. The van der Waals surface area contributed by atoms with Crippen molar-refractivity contribution in [3.05, 3.63) is 104 Å². The maximum absolute atomic E-state index is 13.7. The van der Waals surface area contributed by atoms with Gasteiger partial charge < -0.3 is 0 Å². The minimum Gasteiger partial charge on any atom is -0.272 e. The van der Waals surface area contributed by atoms with Crippen LogP contribution < -0.4 is 5.43 Å². The predicted molar refractivity (Wildman–Crippen MR) is 139 cm³/mol. The molecule has 0 spiro atoms. The molecule has 9 nitrogen and oxygen atoms in total. The normalized spacial score (nSPS) is 11.7. The quantitative estimate of drug-likeness (QED) is 0.248. The summed E-state index contributed by atoms with van der Waals surface area (Å²) >= 11 is 6.05. The molecular formula is C25H25ClN4O5S. The van der Waals surface area contributed by atoms with Crippen molar-refractivity contribution in [2.24, 2.45) is 5.10 Å². The molecular weight excluding hydrogens is 504 g/mol. The average molecular weight is 529 g/mol. The second kappa shape index (κ2) is 11.4. The van der Waals surface area contributed by atoms with Crippen molar-refractivity contribution < 1.29 is 18.1 Å². The largest absolute Gasteiger partial charge is 0.272 e. The number of nitrogens with one attached hydrogen (secondary N) is 1. The van der Waals surface area contributed by atoms with Gasteiger partial charge in [-0.25, -0.2) is 13.8 Å². The molecule has 0 atom stereocenters. The number of non-ortho nitro benzene ring substituents is 1. The first kappa shape index (κ1) is 27.0. The van der Waals surface area contributed by atoms with Crippen molar-refractivity contribution in [3.8, 4) is 0 Å². The van der Waals surface area contributed by atoms with Crippen molar-refractivity contribution in [2.45, 2.75) is 32.2 Å². The number of aryl methyl sites for hydroxylation is 3. The van der Waals surface area contributed by atoms with Crippen LogP contribution in [0.3, 0.4) is 0 Å². The first-order valence-corrected chi connectivity index (χ1v) is 12.7. The molecule has 0 unspecified atom stereocenters. The van der Waals surface area contributed by atoms with Gasteiger partial charge in [0.05, 0.1) is 22.6 Å². The minimum absolute atomic E-state index is 0.0240. The van der Waals surface area contributed by atoms with E-state index in [0.29, 0.717) is 16.7 Å². The lowest BCUT2D eigenvalue weighted by Crippen LogP contribution is -2.39. The summed E-state index contributed by atoms with van der Waals surface area (Å²) in [5, 5.41) is 15.0. The molecule has 1 N–H and O–H groups in total. The number of nitro groups is 1. The van der Waals surface area contributed by atoms with Crippen LogP contribution in [0.15, 0.2) is 70.7 Å². The fraction of sp³-hybridized carbons (Fsp3) is 0.200. The smallest absolute Gasteiger partial charge is 0.270 e. The number of sulfonamides is 1. The fourth-order valence-corrected chi connectivity index (χ4v) is 5.79. The molecule has 0 aromatic heterocycles. The van der Waals surface area contributed by atoms with E-state index in [2.05, 4.69) is 10.5 Å². The second-order valence-corrected chi connectivity index (χ2v) is 10.5. The van der Waals surface area contributed by atoms with Crippen LogP contribution in [0.4, 0.5) is 5.69 Å². The van der Waals surface area contributed by atoms with E-state index in [-0.39, 0.29) is 27.7 Å². The van der Waals surface area contributed by atoms with Crippen LogP contribution in [0.25, 0.3) is 0 Å². The molecule has 0 fully saturated rings. The van der Waals surface area contributed by atoms with Gasteiger partial charge in [0.2, 0.25) is 10.0 Å². The number of carbonyl (C=O) groups is 1. The third-order valence-electron chi connectivity index (χ3n) is 5.31.